The van der Waals surface area contributed by atoms with Crippen molar-refractivity contribution in [3.05, 3.63) is 79.1 Å². The van der Waals surface area contributed by atoms with Gasteiger partial charge in [-0.1, -0.05) is 48.5 Å². The molecule has 0 unspecified atom stereocenters. The average molecular weight is 352 g/mol. The van der Waals surface area contributed by atoms with Gasteiger partial charge in [0.15, 0.2) is 11.9 Å². The van der Waals surface area contributed by atoms with Gasteiger partial charge in [-0.3, -0.25) is 0 Å². The van der Waals surface area contributed by atoms with Gasteiger partial charge in [0.2, 0.25) is 11.7 Å². The van der Waals surface area contributed by atoms with Crippen molar-refractivity contribution >= 4 is 16.3 Å². The number of rotatable bonds is 1. The number of halogens is 1. The molecule has 2 aromatic heterocycles. The van der Waals surface area contributed by atoms with Gasteiger partial charge in [0.1, 0.15) is 0 Å². The molecule has 0 aliphatic heterocycles. The lowest BCUT2D eigenvalue weighted by atomic mass is 10.0. The molecule has 0 bridgehead atoms. The standard InChI is InChI=1S/C19H13NO.BrH/c21-19-13-20-11-10-15(14-6-2-1-3-7-14)12-18(20)16-8-4-5-9-17(16)19;/h1-13H;1H. The zero-order chi connectivity index (χ0) is 14.2. The molecule has 2 nitrogen and oxygen atoms in total. The molecule has 0 saturated heterocycles. The number of hydrogen-bond donors (Lipinski definition) is 1. The maximum absolute atomic E-state index is 10.1. The van der Waals surface area contributed by atoms with Gasteiger partial charge in [-0.2, -0.15) is 4.40 Å². The summed E-state index contributed by atoms with van der Waals surface area (Å²) >= 11 is 0. The molecule has 4 aromatic rings. The zero-order valence-corrected chi connectivity index (χ0v) is 13.4. The van der Waals surface area contributed by atoms with Crippen LogP contribution in [0.3, 0.4) is 0 Å². The summed E-state index contributed by atoms with van der Waals surface area (Å²) in [5, 5.41) is 12.1. The van der Waals surface area contributed by atoms with E-state index in [0.717, 1.165) is 16.3 Å². The third-order valence-electron chi connectivity index (χ3n) is 3.83. The van der Waals surface area contributed by atoms with E-state index in [4.69, 9.17) is 0 Å². The largest absolute Gasteiger partial charge is 1.00 e. The number of benzene rings is 2. The molecule has 0 spiro atoms. The summed E-state index contributed by atoms with van der Waals surface area (Å²) < 4.78 is 1.96. The normalized spacial score (nSPS) is 10.5. The predicted molar refractivity (Wildman–Crippen MR) is 84.2 cm³/mol. The van der Waals surface area contributed by atoms with Crippen LogP contribution in [-0.2, 0) is 0 Å². The number of pyridine rings is 2. The molecule has 0 radical (unpaired) electrons. The van der Waals surface area contributed by atoms with Gasteiger partial charge in [0, 0.05) is 17.5 Å². The highest BCUT2D eigenvalue weighted by molar-refractivity contribution is 5.97. The number of nitrogens with zero attached hydrogens (tertiary/aromatic N) is 1. The monoisotopic (exact) mass is 351 g/mol. The second-order valence-electron chi connectivity index (χ2n) is 5.13. The Bertz CT molecular complexity index is 951. The van der Waals surface area contributed by atoms with E-state index in [1.807, 2.05) is 53.1 Å². The smallest absolute Gasteiger partial charge is 0.219 e. The van der Waals surface area contributed by atoms with Crippen LogP contribution < -0.4 is 21.4 Å². The van der Waals surface area contributed by atoms with Crippen molar-refractivity contribution in [3.63, 3.8) is 0 Å². The molecule has 1 N–H and O–H groups in total. The Kier molecular flexibility index (Phi) is 3.82. The van der Waals surface area contributed by atoms with Crippen molar-refractivity contribution in [1.29, 1.82) is 0 Å². The Morgan fingerprint density at radius 1 is 0.727 bits per heavy atom. The molecule has 0 saturated carbocycles. The highest BCUT2D eigenvalue weighted by Gasteiger charge is 2.13. The van der Waals surface area contributed by atoms with Crippen molar-refractivity contribution in [2.75, 3.05) is 0 Å². The van der Waals surface area contributed by atoms with Crippen molar-refractivity contribution in [2.24, 2.45) is 0 Å². The second kappa shape index (κ2) is 5.78. The SMILES string of the molecule is Oc1c[n+]2ccc(-c3ccccc3)cc2c2ccccc12.[Br-]. The Balaban J connectivity index is 0.00000144. The molecule has 22 heavy (non-hydrogen) atoms. The van der Waals surface area contributed by atoms with Gasteiger partial charge < -0.3 is 22.1 Å². The molecule has 3 heteroatoms. The summed E-state index contributed by atoms with van der Waals surface area (Å²) in [6, 6.07) is 22.5. The molecule has 108 valence electrons. The molecule has 0 fully saturated rings. The minimum Gasteiger partial charge on any atom is -1.00 e. The fourth-order valence-electron chi connectivity index (χ4n) is 2.78. The Morgan fingerprint density at radius 2 is 1.41 bits per heavy atom. The lowest BCUT2D eigenvalue weighted by molar-refractivity contribution is -0.511. The number of aromatic hydroxyl groups is 1. The van der Waals surface area contributed by atoms with E-state index in [-0.39, 0.29) is 17.0 Å². The van der Waals surface area contributed by atoms with E-state index in [1.54, 1.807) is 6.20 Å². The number of fused-ring (bicyclic) bond motifs is 3. The van der Waals surface area contributed by atoms with Gasteiger partial charge in [-0.25, -0.2) is 0 Å². The van der Waals surface area contributed by atoms with Crippen LogP contribution >= 0.6 is 0 Å². The van der Waals surface area contributed by atoms with E-state index < -0.39 is 0 Å². The van der Waals surface area contributed by atoms with Crippen molar-refractivity contribution in [1.82, 2.24) is 0 Å². The number of hydrogen-bond acceptors (Lipinski definition) is 1. The number of aromatic nitrogens is 1. The van der Waals surface area contributed by atoms with Crippen molar-refractivity contribution < 1.29 is 26.5 Å². The molecule has 0 atom stereocenters. The summed E-state index contributed by atoms with van der Waals surface area (Å²) in [7, 11) is 0. The molecule has 4 rings (SSSR count). The fraction of sp³-hybridized carbons (Fsp3) is 0. The Labute approximate surface area is 139 Å². The van der Waals surface area contributed by atoms with Gasteiger partial charge in [0.05, 0.1) is 5.39 Å². The summed E-state index contributed by atoms with van der Waals surface area (Å²) in [5.74, 6) is 0.301. The first-order valence-corrected chi connectivity index (χ1v) is 6.94. The van der Waals surface area contributed by atoms with Crippen LogP contribution in [0.2, 0.25) is 0 Å². The predicted octanol–water partition coefficient (Wildman–Crippen LogP) is 0.955. The minimum atomic E-state index is 0. The molecule has 2 heterocycles. The van der Waals surface area contributed by atoms with Gasteiger partial charge in [-0.15, -0.1) is 0 Å². The van der Waals surface area contributed by atoms with Gasteiger partial charge >= 0.3 is 0 Å². The summed E-state index contributed by atoms with van der Waals surface area (Å²) in [6.45, 7) is 0. The first kappa shape index (κ1) is 14.5. The lowest BCUT2D eigenvalue weighted by Gasteiger charge is -2.04. The fourth-order valence-corrected chi connectivity index (χ4v) is 2.78. The van der Waals surface area contributed by atoms with Crippen LogP contribution in [-0.4, -0.2) is 5.11 Å². The summed E-state index contributed by atoms with van der Waals surface area (Å²) in [6.07, 6.45) is 3.75. The van der Waals surface area contributed by atoms with Crippen LogP contribution in [0.1, 0.15) is 0 Å². The van der Waals surface area contributed by atoms with Crippen molar-refractivity contribution in [3.8, 4) is 16.9 Å². The third-order valence-corrected chi connectivity index (χ3v) is 3.83. The van der Waals surface area contributed by atoms with E-state index in [1.165, 1.54) is 11.1 Å². The summed E-state index contributed by atoms with van der Waals surface area (Å²) in [5.41, 5.74) is 3.45. The van der Waals surface area contributed by atoms with Crippen LogP contribution in [0.4, 0.5) is 0 Å². The quantitative estimate of drug-likeness (QED) is 0.401. The topological polar surface area (TPSA) is 24.3 Å². The van der Waals surface area contributed by atoms with E-state index in [2.05, 4.69) is 24.3 Å². The van der Waals surface area contributed by atoms with E-state index >= 15 is 0 Å². The average Bonchev–Trinajstić information content (AvgIpc) is 2.56. The van der Waals surface area contributed by atoms with Crippen LogP contribution in [0.25, 0.3) is 27.4 Å². The van der Waals surface area contributed by atoms with Crippen LogP contribution in [0, 0.1) is 0 Å². The van der Waals surface area contributed by atoms with Crippen molar-refractivity contribution in [2.45, 2.75) is 0 Å². The lowest BCUT2D eigenvalue weighted by Crippen LogP contribution is -3.00. The van der Waals surface area contributed by atoms with E-state index in [0.29, 0.717) is 5.75 Å². The molecule has 2 aromatic carbocycles. The molecular formula is C19H14BrNO. The summed E-state index contributed by atoms with van der Waals surface area (Å²) in [4.78, 5) is 0. The minimum absolute atomic E-state index is 0. The molecule has 0 aliphatic rings. The van der Waals surface area contributed by atoms with Gasteiger partial charge in [-0.05, 0) is 17.2 Å². The first-order chi connectivity index (χ1) is 10.3. The first-order valence-electron chi connectivity index (χ1n) is 6.94. The Morgan fingerprint density at radius 3 is 2.18 bits per heavy atom. The highest BCUT2D eigenvalue weighted by atomic mass is 79.9. The highest BCUT2D eigenvalue weighted by Crippen LogP contribution is 2.27. The van der Waals surface area contributed by atoms with Gasteiger partial charge in [0.25, 0.3) is 0 Å². The maximum Gasteiger partial charge on any atom is 0.219 e. The van der Waals surface area contributed by atoms with Crippen LogP contribution in [0.15, 0.2) is 79.1 Å². The molecular weight excluding hydrogens is 338 g/mol. The second-order valence-corrected chi connectivity index (χ2v) is 5.13. The molecule has 0 amide bonds. The Hall–Kier alpha value is -2.39. The third kappa shape index (κ3) is 2.34. The maximum atomic E-state index is 10.1. The molecule has 0 aliphatic carbocycles. The van der Waals surface area contributed by atoms with E-state index in [9.17, 15) is 5.11 Å². The van der Waals surface area contributed by atoms with Crippen LogP contribution in [0.5, 0.6) is 5.75 Å². The zero-order valence-electron chi connectivity index (χ0n) is 11.8.